The third-order valence-corrected chi connectivity index (χ3v) is 5.49. The van der Waals surface area contributed by atoms with Crippen molar-refractivity contribution in [2.24, 2.45) is 0 Å². The lowest BCUT2D eigenvalue weighted by Crippen LogP contribution is -2.54. The summed E-state index contributed by atoms with van der Waals surface area (Å²) < 4.78 is 16.2. The maximum atomic E-state index is 13.2. The maximum absolute atomic E-state index is 13.2. The van der Waals surface area contributed by atoms with Crippen molar-refractivity contribution < 1.29 is 28.6 Å². The molecule has 35 heavy (non-hydrogen) atoms. The molecule has 1 heterocycles. The molecule has 0 aliphatic carbocycles. The number of halogens is 1. The molecule has 1 saturated heterocycles. The predicted octanol–water partition coefficient (Wildman–Crippen LogP) is 4.60. The van der Waals surface area contributed by atoms with Gasteiger partial charge in [0.2, 0.25) is 0 Å². The average molecular weight is 493 g/mol. The number of carbonyl (C=O) groups excluding carboxylic acids is 3. The number of urea groups is 1. The van der Waals surface area contributed by atoms with Gasteiger partial charge in [0.05, 0.1) is 24.9 Å². The fourth-order valence-corrected chi connectivity index (χ4v) is 3.81. The van der Waals surface area contributed by atoms with Crippen molar-refractivity contribution in [2.45, 2.75) is 6.61 Å². The van der Waals surface area contributed by atoms with Crippen LogP contribution < -0.4 is 24.4 Å². The summed E-state index contributed by atoms with van der Waals surface area (Å²) in [5.41, 5.74) is 1.47. The maximum Gasteiger partial charge on any atom is 0.335 e. The number of nitrogens with zero attached hydrogens (tertiary/aromatic N) is 1. The summed E-state index contributed by atoms with van der Waals surface area (Å²) in [5, 5.41) is 2.43. The first-order valence-corrected chi connectivity index (χ1v) is 10.9. The number of anilines is 1. The highest BCUT2D eigenvalue weighted by atomic mass is 35.5. The number of nitrogens with one attached hydrogen (secondary N) is 1. The lowest BCUT2D eigenvalue weighted by atomic mass is 10.1. The number of ether oxygens (including phenoxy) is 3. The van der Waals surface area contributed by atoms with E-state index >= 15 is 0 Å². The smallest absolute Gasteiger partial charge is 0.335 e. The van der Waals surface area contributed by atoms with Gasteiger partial charge in [-0.1, -0.05) is 41.9 Å². The molecule has 1 aliphatic heterocycles. The molecular formula is C26H21ClN2O6. The highest BCUT2D eigenvalue weighted by Crippen LogP contribution is 2.37. The first-order chi connectivity index (χ1) is 16.9. The van der Waals surface area contributed by atoms with Gasteiger partial charge < -0.3 is 14.2 Å². The van der Waals surface area contributed by atoms with Crippen LogP contribution in [0.15, 0.2) is 72.3 Å². The van der Waals surface area contributed by atoms with Gasteiger partial charge in [-0.3, -0.25) is 14.9 Å². The molecule has 8 nitrogen and oxygen atoms in total. The van der Waals surface area contributed by atoms with Gasteiger partial charge in [0.15, 0.2) is 11.5 Å². The van der Waals surface area contributed by atoms with Crippen molar-refractivity contribution in [2.75, 3.05) is 19.1 Å². The number of carbonyl (C=O) groups is 3. The Morgan fingerprint density at radius 2 is 1.66 bits per heavy atom. The number of hydrogen-bond donors (Lipinski definition) is 1. The summed E-state index contributed by atoms with van der Waals surface area (Å²) in [6.45, 7) is 0.374. The minimum absolute atomic E-state index is 0.237. The van der Waals surface area contributed by atoms with Crippen molar-refractivity contribution in [3.8, 4) is 17.2 Å². The Kier molecular flexibility index (Phi) is 7.03. The number of imide groups is 2. The molecule has 0 aromatic heterocycles. The molecule has 0 atom stereocenters. The van der Waals surface area contributed by atoms with Gasteiger partial charge in [0.25, 0.3) is 11.8 Å². The lowest BCUT2D eigenvalue weighted by Gasteiger charge is -2.26. The van der Waals surface area contributed by atoms with Crippen LogP contribution in [-0.2, 0) is 16.2 Å². The Bertz CT molecular complexity index is 1310. The second-order valence-electron chi connectivity index (χ2n) is 7.46. The quantitative estimate of drug-likeness (QED) is 0.382. The standard InChI is InChI=1S/C26H21ClN2O6/c1-33-22-14-17(13-21(27)23(22)34-2)12-20-24(30)28-26(32)29(25(20)31)18-8-10-19(11-9-18)35-15-16-6-4-3-5-7-16/h3-14H,15H2,1-2H3,(H,28,30,32)/b20-12+. The summed E-state index contributed by atoms with van der Waals surface area (Å²) >= 11 is 6.24. The second-order valence-corrected chi connectivity index (χ2v) is 7.87. The first-order valence-electron chi connectivity index (χ1n) is 10.5. The number of amides is 4. The molecule has 178 valence electrons. The third kappa shape index (κ3) is 5.12. The van der Waals surface area contributed by atoms with E-state index < -0.39 is 17.8 Å². The number of hydrogen-bond acceptors (Lipinski definition) is 6. The van der Waals surface area contributed by atoms with Gasteiger partial charge in [-0.25, -0.2) is 9.69 Å². The Balaban J connectivity index is 1.58. The molecule has 4 rings (SSSR count). The molecule has 4 amide bonds. The van der Waals surface area contributed by atoms with Crippen LogP contribution in [0, 0.1) is 0 Å². The van der Waals surface area contributed by atoms with Crippen molar-refractivity contribution in [1.82, 2.24) is 5.32 Å². The zero-order chi connectivity index (χ0) is 24.9. The van der Waals surface area contributed by atoms with E-state index in [2.05, 4.69) is 5.32 Å². The molecule has 1 fully saturated rings. The number of barbiturate groups is 1. The molecule has 3 aromatic rings. The van der Waals surface area contributed by atoms with Gasteiger partial charge in [0, 0.05) is 0 Å². The van der Waals surface area contributed by atoms with Gasteiger partial charge in [-0.05, 0) is 53.6 Å². The summed E-state index contributed by atoms with van der Waals surface area (Å²) in [6, 6.07) is 18.3. The zero-order valence-corrected chi connectivity index (χ0v) is 19.7. The minimum atomic E-state index is -0.847. The van der Waals surface area contributed by atoms with E-state index in [4.69, 9.17) is 25.8 Å². The Morgan fingerprint density at radius 3 is 2.31 bits per heavy atom. The number of methoxy groups -OCH3 is 2. The molecule has 0 radical (unpaired) electrons. The zero-order valence-electron chi connectivity index (χ0n) is 18.9. The van der Waals surface area contributed by atoms with Crippen LogP contribution in [0.2, 0.25) is 5.02 Å². The molecule has 0 spiro atoms. The molecular weight excluding hydrogens is 472 g/mol. The van der Waals surface area contributed by atoms with E-state index in [1.165, 1.54) is 26.4 Å². The molecule has 1 N–H and O–H groups in total. The highest BCUT2D eigenvalue weighted by molar-refractivity contribution is 6.39. The summed E-state index contributed by atoms with van der Waals surface area (Å²) in [5.74, 6) is -0.376. The SMILES string of the molecule is COc1cc(/C=C2\C(=O)NC(=O)N(c3ccc(OCc4ccccc4)cc3)C2=O)cc(Cl)c1OC. The van der Waals surface area contributed by atoms with E-state index in [0.29, 0.717) is 29.4 Å². The fourth-order valence-electron chi connectivity index (χ4n) is 3.51. The summed E-state index contributed by atoms with van der Waals surface area (Å²) in [4.78, 5) is 39.0. The number of benzene rings is 3. The Hall–Kier alpha value is -4.30. The molecule has 0 unspecified atom stereocenters. The van der Waals surface area contributed by atoms with Crippen molar-refractivity contribution in [3.63, 3.8) is 0 Å². The van der Waals surface area contributed by atoms with Crippen molar-refractivity contribution >= 4 is 41.2 Å². The second kappa shape index (κ2) is 10.3. The van der Waals surface area contributed by atoms with E-state index in [0.717, 1.165) is 10.5 Å². The first kappa shape index (κ1) is 23.8. The largest absolute Gasteiger partial charge is 0.493 e. The molecule has 3 aromatic carbocycles. The number of rotatable bonds is 7. The molecule has 9 heteroatoms. The monoisotopic (exact) mass is 492 g/mol. The van der Waals surface area contributed by atoms with Gasteiger partial charge in [-0.2, -0.15) is 0 Å². The van der Waals surface area contributed by atoms with E-state index in [9.17, 15) is 14.4 Å². The van der Waals surface area contributed by atoms with Crippen LogP contribution in [0.5, 0.6) is 17.2 Å². The van der Waals surface area contributed by atoms with Crippen molar-refractivity contribution in [1.29, 1.82) is 0 Å². The molecule has 0 bridgehead atoms. The molecule has 1 aliphatic rings. The normalized spacial score (nSPS) is 14.7. The van der Waals surface area contributed by atoms with Gasteiger partial charge in [-0.15, -0.1) is 0 Å². The summed E-state index contributed by atoms with van der Waals surface area (Å²) in [7, 11) is 2.89. The van der Waals surface area contributed by atoms with Crippen LogP contribution in [0.1, 0.15) is 11.1 Å². The van der Waals surface area contributed by atoms with E-state index in [1.54, 1.807) is 30.3 Å². The van der Waals surface area contributed by atoms with E-state index in [1.807, 2.05) is 30.3 Å². The van der Waals surface area contributed by atoms with Crippen molar-refractivity contribution in [3.05, 3.63) is 88.5 Å². The highest BCUT2D eigenvalue weighted by Gasteiger charge is 2.36. The Morgan fingerprint density at radius 1 is 0.943 bits per heavy atom. The van der Waals surface area contributed by atoms with Crippen LogP contribution >= 0.6 is 11.6 Å². The van der Waals surface area contributed by atoms with Crippen LogP contribution in [0.3, 0.4) is 0 Å². The predicted molar refractivity (Wildman–Crippen MR) is 131 cm³/mol. The van der Waals surface area contributed by atoms with E-state index in [-0.39, 0.29) is 16.3 Å². The van der Waals surface area contributed by atoms with Crippen LogP contribution in [0.25, 0.3) is 6.08 Å². The fraction of sp³-hybridized carbons (Fsp3) is 0.115. The van der Waals surface area contributed by atoms with Crippen LogP contribution in [0.4, 0.5) is 10.5 Å². The van der Waals surface area contributed by atoms with Gasteiger partial charge in [0.1, 0.15) is 17.9 Å². The minimum Gasteiger partial charge on any atom is -0.493 e. The van der Waals surface area contributed by atoms with Gasteiger partial charge >= 0.3 is 6.03 Å². The Labute approximate surface area is 206 Å². The summed E-state index contributed by atoms with van der Waals surface area (Å²) in [6.07, 6.45) is 1.34. The molecule has 0 saturated carbocycles. The average Bonchev–Trinajstić information content (AvgIpc) is 2.86. The topological polar surface area (TPSA) is 94.2 Å². The third-order valence-electron chi connectivity index (χ3n) is 5.21. The lowest BCUT2D eigenvalue weighted by molar-refractivity contribution is -0.122. The van der Waals surface area contributed by atoms with Crippen LogP contribution in [-0.4, -0.2) is 32.1 Å².